The zero-order valence-corrected chi connectivity index (χ0v) is 16.4. The lowest BCUT2D eigenvalue weighted by Crippen LogP contribution is -2.37. The van der Waals surface area contributed by atoms with Gasteiger partial charge in [0.1, 0.15) is 0 Å². The summed E-state index contributed by atoms with van der Waals surface area (Å²) in [4.78, 5) is 22.8. The van der Waals surface area contributed by atoms with Crippen LogP contribution in [0.2, 0.25) is 0 Å². The van der Waals surface area contributed by atoms with E-state index in [2.05, 4.69) is 22.2 Å². The number of carbonyl (C=O) groups excluding carboxylic acids is 1. The van der Waals surface area contributed by atoms with Crippen molar-refractivity contribution in [2.75, 3.05) is 28.3 Å². The number of nitrogens with zero attached hydrogens (tertiary/aromatic N) is 3. The first kappa shape index (κ1) is 19.3. The van der Waals surface area contributed by atoms with Crippen molar-refractivity contribution in [2.24, 2.45) is 0 Å². The van der Waals surface area contributed by atoms with E-state index in [0.717, 1.165) is 6.42 Å². The van der Waals surface area contributed by atoms with Crippen molar-refractivity contribution in [2.45, 2.75) is 32.7 Å². The maximum atomic E-state index is 12.4. The monoisotopic (exact) mass is 388 g/mol. The Morgan fingerprint density at radius 2 is 1.85 bits per heavy atom. The molecule has 0 spiro atoms. The van der Waals surface area contributed by atoms with Crippen LogP contribution in [0, 0.1) is 0 Å². The number of benzene rings is 1. The molecule has 1 N–H and O–H groups in total. The summed E-state index contributed by atoms with van der Waals surface area (Å²) in [5.74, 6) is 0.492. The van der Waals surface area contributed by atoms with Crippen LogP contribution in [0.3, 0.4) is 0 Å². The van der Waals surface area contributed by atoms with Crippen LogP contribution < -0.4 is 10.2 Å². The van der Waals surface area contributed by atoms with Gasteiger partial charge in [-0.2, -0.15) is 0 Å². The smallest absolute Gasteiger partial charge is 0.258 e. The van der Waals surface area contributed by atoms with E-state index in [0.29, 0.717) is 30.2 Å². The third-order valence-corrected chi connectivity index (χ3v) is 6.52. The predicted octanol–water partition coefficient (Wildman–Crippen LogP) is 2.30. The summed E-state index contributed by atoms with van der Waals surface area (Å²) in [6, 6.07) is 7.57. The van der Waals surface area contributed by atoms with Gasteiger partial charge in [0.05, 0.1) is 17.1 Å². The van der Waals surface area contributed by atoms with Crippen LogP contribution in [-0.4, -0.2) is 48.4 Å². The number of rotatable bonds is 6. The molecule has 0 saturated carbocycles. The molecule has 144 valence electrons. The van der Waals surface area contributed by atoms with Crippen molar-refractivity contribution in [3.8, 4) is 0 Å². The average Bonchev–Trinajstić information content (AvgIpc) is 3.03. The molecule has 1 aromatic carbocycles. The molecule has 1 atom stereocenters. The summed E-state index contributed by atoms with van der Waals surface area (Å²) in [5, 5.41) is 2.83. The predicted molar refractivity (Wildman–Crippen MR) is 106 cm³/mol. The van der Waals surface area contributed by atoms with E-state index in [1.807, 2.05) is 36.1 Å². The summed E-state index contributed by atoms with van der Waals surface area (Å²) >= 11 is 0. The van der Waals surface area contributed by atoms with Gasteiger partial charge in [-0.3, -0.25) is 4.79 Å². The minimum Gasteiger partial charge on any atom is -0.337 e. The van der Waals surface area contributed by atoms with E-state index in [1.54, 1.807) is 0 Å². The van der Waals surface area contributed by atoms with Gasteiger partial charge in [-0.1, -0.05) is 19.1 Å². The van der Waals surface area contributed by atoms with Crippen LogP contribution in [0.1, 0.15) is 36.2 Å². The lowest BCUT2D eigenvalue weighted by Gasteiger charge is -2.26. The molecule has 0 aliphatic carbocycles. The van der Waals surface area contributed by atoms with E-state index in [4.69, 9.17) is 0 Å². The SMILES string of the molecule is CCc1ccc(NC(=O)c2cnc(N(CC)C3CCS(=O)(=O)C3)nc2)cc1. The van der Waals surface area contributed by atoms with Gasteiger partial charge in [0, 0.05) is 30.7 Å². The van der Waals surface area contributed by atoms with Gasteiger partial charge >= 0.3 is 0 Å². The summed E-state index contributed by atoms with van der Waals surface area (Å²) < 4.78 is 23.5. The molecule has 1 fully saturated rings. The van der Waals surface area contributed by atoms with E-state index in [1.165, 1.54) is 18.0 Å². The first-order chi connectivity index (χ1) is 12.9. The summed E-state index contributed by atoms with van der Waals surface area (Å²) in [5.41, 5.74) is 2.27. The van der Waals surface area contributed by atoms with Crippen LogP contribution >= 0.6 is 0 Å². The second kappa shape index (κ2) is 8.04. The normalized spacial score (nSPS) is 18.2. The summed E-state index contributed by atoms with van der Waals surface area (Å²) in [6.07, 6.45) is 4.48. The van der Waals surface area contributed by atoms with Crippen molar-refractivity contribution < 1.29 is 13.2 Å². The summed E-state index contributed by atoms with van der Waals surface area (Å²) in [6.45, 7) is 4.62. The minimum atomic E-state index is -2.98. The highest BCUT2D eigenvalue weighted by atomic mass is 32.2. The van der Waals surface area contributed by atoms with Gasteiger partial charge in [0.2, 0.25) is 5.95 Å². The second-order valence-corrected chi connectivity index (χ2v) is 8.85. The topological polar surface area (TPSA) is 92.3 Å². The highest BCUT2D eigenvalue weighted by Gasteiger charge is 2.32. The molecule has 1 saturated heterocycles. The van der Waals surface area contributed by atoms with Crippen molar-refractivity contribution >= 4 is 27.4 Å². The van der Waals surface area contributed by atoms with Gasteiger partial charge in [-0.15, -0.1) is 0 Å². The van der Waals surface area contributed by atoms with Gasteiger partial charge < -0.3 is 10.2 Å². The number of hydrogen-bond donors (Lipinski definition) is 1. The molecular weight excluding hydrogens is 364 g/mol. The largest absolute Gasteiger partial charge is 0.337 e. The Balaban J connectivity index is 1.69. The number of sulfone groups is 1. The van der Waals surface area contributed by atoms with Crippen molar-refractivity contribution in [1.82, 2.24) is 9.97 Å². The molecule has 1 aliphatic heterocycles. The second-order valence-electron chi connectivity index (χ2n) is 6.62. The van der Waals surface area contributed by atoms with Crippen molar-refractivity contribution in [3.63, 3.8) is 0 Å². The average molecular weight is 388 g/mol. The Morgan fingerprint density at radius 3 is 2.37 bits per heavy atom. The quantitative estimate of drug-likeness (QED) is 0.816. The van der Waals surface area contributed by atoms with Gasteiger partial charge in [0.25, 0.3) is 5.91 Å². The molecule has 1 aromatic heterocycles. The molecule has 2 aromatic rings. The van der Waals surface area contributed by atoms with Gasteiger partial charge in [-0.25, -0.2) is 18.4 Å². The Labute approximate surface area is 159 Å². The molecule has 1 amide bonds. The van der Waals surface area contributed by atoms with E-state index in [9.17, 15) is 13.2 Å². The van der Waals surface area contributed by atoms with Crippen molar-refractivity contribution in [3.05, 3.63) is 47.8 Å². The zero-order chi connectivity index (χ0) is 19.4. The van der Waals surface area contributed by atoms with Crippen LogP contribution in [0.4, 0.5) is 11.6 Å². The summed E-state index contributed by atoms with van der Waals surface area (Å²) in [7, 11) is -2.98. The maximum absolute atomic E-state index is 12.4. The Bertz CT molecular complexity index is 896. The van der Waals surface area contributed by atoms with Gasteiger partial charge in [-0.05, 0) is 37.5 Å². The molecule has 3 rings (SSSR count). The van der Waals surface area contributed by atoms with Crippen LogP contribution in [0.25, 0.3) is 0 Å². The molecule has 27 heavy (non-hydrogen) atoms. The Kier molecular flexibility index (Phi) is 5.74. The van der Waals surface area contributed by atoms with Crippen LogP contribution in [0.15, 0.2) is 36.7 Å². The lowest BCUT2D eigenvalue weighted by molar-refractivity contribution is 0.102. The van der Waals surface area contributed by atoms with E-state index >= 15 is 0 Å². The first-order valence-electron chi connectivity index (χ1n) is 9.11. The standard InChI is InChI=1S/C19H24N4O3S/c1-3-14-5-7-16(8-6-14)22-18(24)15-11-20-19(21-12-15)23(4-2)17-9-10-27(25,26)13-17/h5-8,11-12,17H,3-4,9-10,13H2,1-2H3,(H,22,24). The minimum absolute atomic E-state index is 0.114. The maximum Gasteiger partial charge on any atom is 0.258 e. The molecular formula is C19H24N4O3S. The molecule has 1 unspecified atom stereocenters. The fourth-order valence-electron chi connectivity index (χ4n) is 3.20. The number of anilines is 2. The van der Waals surface area contributed by atoms with Crippen LogP contribution in [-0.2, 0) is 16.3 Å². The number of aryl methyl sites for hydroxylation is 1. The molecule has 2 heterocycles. The zero-order valence-electron chi connectivity index (χ0n) is 15.6. The lowest BCUT2D eigenvalue weighted by atomic mass is 10.1. The molecule has 7 nitrogen and oxygen atoms in total. The number of carbonyl (C=O) groups is 1. The third-order valence-electron chi connectivity index (χ3n) is 4.77. The number of hydrogen-bond acceptors (Lipinski definition) is 6. The molecule has 0 bridgehead atoms. The fourth-order valence-corrected chi connectivity index (χ4v) is 4.93. The highest BCUT2D eigenvalue weighted by Crippen LogP contribution is 2.21. The Morgan fingerprint density at radius 1 is 1.19 bits per heavy atom. The highest BCUT2D eigenvalue weighted by molar-refractivity contribution is 7.91. The molecule has 1 aliphatic rings. The van der Waals surface area contributed by atoms with E-state index in [-0.39, 0.29) is 23.5 Å². The van der Waals surface area contributed by atoms with Gasteiger partial charge in [0.15, 0.2) is 9.84 Å². The number of amides is 1. The third kappa shape index (κ3) is 4.63. The van der Waals surface area contributed by atoms with Crippen molar-refractivity contribution in [1.29, 1.82) is 0 Å². The molecule has 0 radical (unpaired) electrons. The molecule has 8 heteroatoms. The Hall–Kier alpha value is -2.48. The number of aromatic nitrogens is 2. The first-order valence-corrected chi connectivity index (χ1v) is 10.9. The van der Waals surface area contributed by atoms with E-state index < -0.39 is 9.84 Å². The van der Waals surface area contributed by atoms with Crippen LogP contribution in [0.5, 0.6) is 0 Å². The fraction of sp³-hybridized carbons (Fsp3) is 0.421. The number of nitrogens with one attached hydrogen (secondary N) is 1.